The molecule has 2 N–H and O–H groups in total. The van der Waals surface area contributed by atoms with Crippen molar-refractivity contribution in [2.45, 2.75) is 39.8 Å². The Hall–Kier alpha value is -4.98. The summed E-state index contributed by atoms with van der Waals surface area (Å²) in [5.74, 6) is 0.879. The summed E-state index contributed by atoms with van der Waals surface area (Å²) in [7, 11) is 2.96. The van der Waals surface area contributed by atoms with Crippen molar-refractivity contribution < 1.29 is 28.2 Å². The van der Waals surface area contributed by atoms with Gasteiger partial charge in [0.2, 0.25) is 0 Å². The van der Waals surface area contributed by atoms with Gasteiger partial charge in [-0.3, -0.25) is 0 Å². The number of carbonyl (C=O) groups is 1. The molecule has 0 saturated heterocycles. The fourth-order valence-electron chi connectivity index (χ4n) is 5.35. The van der Waals surface area contributed by atoms with Gasteiger partial charge in [0.15, 0.2) is 5.75 Å². The molecule has 8 heteroatoms. The molecule has 0 unspecified atom stereocenters. The van der Waals surface area contributed by atoms with Crippen LogP contribution in [0.5, 0.6) is 17.2 Å². The van der Waals surface area contributed by atoms with Gasteiger partial charge in [-0.05, 0) is 92.9 Å². The van der Waals surface area contributed by atoms with E-state index < -0.39 is 5.97 Å². The summed E-state index contributed by atoms with van der Waals surface area (Å²) in [5.41, 5.74) is 10.6. The Labute approximate surface area is 251 Å². The molecular weight excluding hydrogens is 547 g/mol. The number of anilines is 2. The van der Waals surface area contributed by atoms with Gasteiger partial charge in [0.05, 0.1) is 31.0 Å². The van der Waals surface area contributed by atoms with Crippen molar-refractivity contribution >= 4 is 22.9 Å². The van der Waals surface area contributed by atoms with Crippen LogP contribution in [0.25, 0.3) is 16.7 Å². The third kappa shape index (κ3) is 6.43. The normalized spacial score (nSPS) is 13.2. The predicted molar refractivity (Wildman–Crippen MR) is 167 cm³/mol. The second-order valence-electron chi connectivity index (χ2n) is 11.0. The maximum atomic E-state index is 14.1. The molecule has 0 spiro atoms. The van der Waals surface area contributed by atoms with Gasteiger partial charge < -0.3 is 24.4 Å². The fraction of sp³-hybridized carbons (Fsp3) is 0.229. The number of hydrogen-bond donors (Lipinski definition) is 2. The molecule has 0 fully saturated rings. The molecule has 7 nitrogen and oxygen atoms in total. The molecule has 43 heavy (non-hydrogen) atoms. The van der Waals surface area contributed by atoms with E-state index in [2.05, 4.69) is 49.8 Å². The van der Waals surface area contributed by atoms with Crippen LogP contribution in [0.3, 0.4) is 0 Å². The molecule has 1 aliphatic heterocycles. The van der Waals surface area contributed by atoms with Crippen LogP contribution in [0.2, 0.25) is 0 Å². The van der Waals surface area contributed by atoms with Gasteiger partial charge in [-0.2, -0.15) is 0 Å². The Morgan fingerprint density at radius 3 is 2.37 bits per heavy atom. The molecule has 0 aliphatic carbocycles. The minimum absolute atomic E-state index is 0.209. The summed E-state index contributed by atoms with van der Waals surface area (Å²) in [4.78, 5) is 17.5. The molecular formula is C35H35FN2O5. The van der Waals surface area contributed by atoms with Crippen molar-refractivity contribution in [3.05, 3.63) is 107 Å². The quantitative estimate of drug-likeness (QED) is 0.152. The number of benzene rings is 4. The average Bonchev–Trinajstić information content (AvgIpc) is 2.99. The Morgan fingerprint density at radius 1 is 0.907 bits per heavy atom. The van der Waals surface area contributed by atoms with Crippen LogP contribution >= 0.6 is 0 Å². The fourth-order valence-corrected chi connectivity index (χ4v) is 5.35. The van der Waals surface area contributed by atoms with Crippen molar-refractivity contribution in [3.8, 4) is 28.4 Å². The van der Waals surface area contributed by atoms with E-state index in [4.69, 9.17) is 19.0 Å². The van der Waals surface area contributed by atoms with Crippen molar-refractivity contribution in [2.24, 2.45) is 0 Å². The van der Waals surface area contributed by atoms with Crippen LogP contribution in [0.15, 0.2) is 78.9 Å². The van der Waals surface area contributed by atoms with E-state index in [0.29, 0.717) is 28.5 Å². The first-order valence-electron chi connectivity index (χ1n) is 13.9. The number of methoxy groups -OCH3 is 2. The van der Waals surface area contributed by atoms with Gasteiger partial charge in [0, 0.05) is 34.5 Å². The van der Waals surface area contributed by atoms with E-state index in [-0.39, 0.29) is 18.0 Å². The Balaban J connectivity index is 1.48. The SMILES string of the molecule is COC(=O)c1ccc(NOc2ccc(-c3ccc4c(c3COc3cc(F)ccc3C)C(C)=CC(C)(C)N4)c(OC)c2)cc1. The number of fused-ring (bicyclic) bond motifs is 1. The first-order chi connectivity index (χ1) is 20.6. The average molecular weight is 583 g/mol. The highest BCUT2D eigenvalue weighted by Gasteiger charge is 2.27. The second-order valence-corrected chi connectivity index (χ2v) is 11.0. The summed E-state index contributed by atoms with van der Waals surface area (Å²) >= 11 is 0. The molecule has 222 valence electrons. The molecule has 4 aromatic rings. The maximum absolute atomic E-state index is 14.1. The van der Waals surface area contributed by atoms with E-state index in [1.807, 2.05) is 19.1 Å². The monoisotopic (exact) mass is 582 g/mol. The summed E-state index contributed by atoms with van der Waals surface area (Å²) < 4.78 is 30.9. The predicted octanol–water partition coefficient (Wildman–Crippen LogP) is 8.19. The lowest BCUT2D eigenvalue weighted by atomic mass is 9.85. The van der Waals surface area contributed by atoms with Crippen LogP contribution in [0.4, 0.5) is 15.8 Å². The summed E-state index contributed by atoms with van der Waals surface area (Å²) in [6.07, 6.45) is 2.20. The number of nitrogens with one attached hydrogen (secondary N) is 2. The second kappa shape index (κ2) is 12.1. The van der Waals surface area contributed by atoms with Gasteiger partial charge in [-0.1, -0.05) is 18.2 Å². The number of ether oxygens (including phenoxy) is 3. The van der Waals surface area contributed by atoms with Crippen molar-refractivity contribution in [2.75, 3.05) is 25.0 Å². The van der Waals surface area contributed by atoms with Crippen molar-refractivity contribution in [3.63, 3.8) is 0 Å². The van der Waals surface area contributed by atoms with Crippen molar-refractivity contribution in [1.82, 2.24) is 0 Å². The smallest absolute Gasteiger partial charge is 0.337 e. The summed E-state index contributed by atoms with van der Waals surface area (Å²) in [6.45, 7) is 8.47. The summed E-state index contributed by atoms with van der Waals surface area (Å²) in [6, 6.07) is 21.0. The van der Waals surface area contributed by atoms with Gasteiger partial charge in [0.1, 0.15) is 23.9 Å². The first kappa shape index (κ1) is 29.5. The zero-order valence-corrected chi connectivity index (χ0v) is 25.1. The highest BCUT2D eigenvalue weighted by molar-refractivity contribution is 5.90. The number of carbonyl (C=O) groups excluding carboxylic acids is 1. The van der Waals surface area contributed by atoms with Crippen LogP contribution in [0, 0.1) is 12.7 Å². The number of aryl methyl sites for hydroxylation is 1. The molecule has 0 amide bonds. The molecule has 0 aromatic heterocycles. The molecule has 0 radical (unpaired) electrons. The number of halogens is 1. The van der Waals surface area contributed by atoms with Crippen LogP contribution in [-0.2, 0) is 11.3 Å². The minimum atomic E-state index is -0.406. The molecule has 5 rings (SSSR count). The lowest BCUT2D eigenvalue weighted by Crippen LogP contribution is -2.32. The standard InChI is InChI=1S/C35H35FN2O5/c1-21-7-10-24(36)17-31(21)42-20-29-27(15-16-30-33(29)22(2)19-35(3,4)37-30)28-14-13-26(18-32(28)40-5)43-38-25-11-8-23(9-12-25)34(39)41-6/h7-19,37-38H,20H2,1-6H3. The van der Waals surface area contributed by atoms with Gasteiger partial charge in [-0.15, -0.1) is 0 Å². The summed E-state index contributed by atoms with van der Waals surface area (Å²) in [5, 5.41) is 3.61. The zero-order chi connectivity index (χ0) is 30.7. The van der Waals surface area contributed by atoms with Gasteiger partial charge in [0.25, 0.3) is 0 Å². The number of allylic oxidation sites excluding steroid dienone is 1. The van der Waals surface area contributed by atoms with Gasteiger partial charge >= 0.3 is 5.97 Å². The molecule has 0 saturated carbocycles. The number of hydrogen-bond acceptors (Lipinski definition) is 7. The van der Waals surface area contributed by atoms with Crippen LogP contribution < -0.4 is 25.1 Å². The van der Waals surface area contributed by atoms with Crippen molar-refractivity contribution in [1.29, 1.82) is 0 Å². The first-order valence-corrected chi connectivity index (χ1v) is 13.9. The molecule has 0 atom stereocenters. The maximum Gasteiger partial charge on any atom is 0.337 e. The highest BCUT2D eigenvalue weighted by atomic mass is 19.1. The van der Waals surface area contributed by atoms with E-state index in [0.717, 1.165) is 39.1 Å². The third-order valence-electron chi connectivity index (χ3n) is 7.32. The third-order valence-corrected chi connectivity index (χ3v) is 7.32. The molecule has 1 heterocycles. The molecule has 4 aromatic carbocycles. The Bertz CT molecular complexity index is 1700. The molecule has 1 aliphatic rings. The number of rotatable bonds is 9. The minimum Gasteiger partial charge on any atom is -0.496 e. The topological polar surface area (TPSA) is 78.1 Å². The lowest BCUT2D eigenvalue weighted by molar-refractivity contribution is 0.0600. The Morgan fingerprint density at radius 2 is 1.65 bits per heavy atom. The van der Waals surface area contributed by atoms with Crippen LogP contribution in [-0.4, -0.2) is 25.7 Å². The van der Waals surface area contributed by atoms with E-state index in [9.17, 15) is 9.18 Å². The molecule has 0 bridgehead atoms. The van der Waals surface area contributed by atoms with Crippen LogP contribution in [0.1, 0.15) is 47.8 Å². The zero-order valence-electron chi connectivity index (χ0n) is 25.1. The lowest BCUT2D eigenvalue weighted by Gasteiger charge is -2.33. The Kier molecular flexibility index (Phi) is 8.30. The van der Waals surface area contributed by atoms with E-state index in [1.54, 1.807) is 43.5 Å². The highest BCUT2D eigenvalue weighted by Crippen LogP contribution is 2.43. The van der Waals surface area contributed by atoms with E-state index >= 15 is 0 Å². The van der Waals surface area contributed by atoms with E-state index in [1.165, 1.54) is 19.2 Å². The van der Waals surface area contributed by atoms with Gasteiger partial charge in [-0.25, -0.2) is 14.7 Å². The largest absolute Gasteiger partial charge is 0.496 e. The number of esters is 1.